The lowest BCUT2D eigenvalue weighted by atomic mass is 9.98. The van der Waals surface area contributed by atoms with E-state index in [-0.39, 0.29) is 17.5 Å². The van der Waals surface area contributed by atoms with Crippen molar-refractivity contribution in [2.45, 2.75) is 30.7 Å². The molecule has 0 amide bonds. The Labute approximate surface area is 175 Å². The van der Waals surface area contributed by atoms with Crippen LogP contribution in [0.2, 0.25) is 0 Å². The molecule has 0 spiro atoms. The van der Waals surface area contributed by atoms with E-state index in [9.17, 15) is 8.78 Å². The van der Waals surface area contributed by atoms with Crippen molar-refractivity contribution < 1.29 is 18.3 Å². The summed E-state index contributed by atoms with van der Waals surface area (Å²) in [4.78, 5) is 6.61. The maximum absolute atomic E-state index is 14.1. The molecule has 2 aliphatic rings. The minimum atomic E-state index is -0.479. The maximum Gasteiger partial charge on any atom is 0.193 e. The molecular formula is C23H27F2N3O2. The molecule has 0 bridgehead atoms. The van der Waals surface area contributed by atoms with Crippen LogP contribution in [0.3, 0.4) is 0 Å². The molecule has 1 saturated carbocycles. The molecule has 0 radical (unpaired) electrons. The fourth-order valence-corrected chi connectivity index (χ4v) is 4.29. The number of ether oxygens (including phenoxy) is 2. The van der Waals surface area contributed by atoms with Crippen molar-refractivity contribution in [2.75, 3.05) is 34.4 Å². The summed E-state index contributed by atoms with van der Waals surface area (Å²) < 4.78 is 38.9. The summed E-state index contributed by atoms with van der Waals surface area (Å²) >= 11 is 0. The molecule has 3 atom stereocenters. The summed E-state index contributed by atoms with van der Waals surface area (Å²) in [5, 5.41) is 3.40. The maximum atomic E-state index is 14.1. The Bertz CT molecular complexity index is 908. The first kappa shape index (κ1) is 20.4. The topological polar surface area (TPSA) is 46.1 Å². The highest BCUT2D eigenvalue weighted by molar-refractivity contribution is 5.81. The average molecular weight is 415 g/mol. The zero-order chi connectivity index (χ0) is 21.3. The number of hydrogen-bond acceptors (Lipinski definition) is 3. The van der Waals surface area contributed by atoms with Gasteiger partial charge in [-0.05, 0) is 42.7 Å². The lowest BCUT2D eigenvalue weighted by molar-refractivity contribution is 0.392. The number of benzene rings is 2. The molecule has 1 heterocycles. The molecule has 3 unspecified atom stereocenters. The van der Waals surface area contributed by atoms with Gasteiger partial charge in [0.2, 0.25) is 0 Å². The first-order chi connectivity index (χ1) is 14.5. The van der Waals surface area contributed by atoms with Crippen LogP contribution in [0.5, 0.6) is 11.5 Å². The van der Waals surface area contributed by atoms with Crippen LogP contribution in [0.4, 0.5) is 8.78 Å². The minimum absolute atomic E-state index is 0.00827. The van der Waals surface area contributed by atoms with Crippen molar-refractivity contribution >= 4 is 5.96 Å². The summed E-state index contributed by atoms with van der Waals surface area (Å²) in [5.41, 5.74) is 1.34. The van der Waals surface area contributed by atoms with Crippen LogP contribution in [0.1, 0.15) is 35.8 Å². The fraction of sp³-hybridized carbons (Fsp3) is 0.435. The van der Waals surface area contributed by atoms with Gasteiger partial charge in [0.15, 0.2) is 5.96 Å². The average Bonchev–Trinajstić information content (AvgIpc) is 3.32. The SMILES string of the molecule is CN=C(NC1CC1c1c(F)cccc1F)N1CCC(c2cc(OC)cc(OC)c2)C1. The summed E-state index contributed by atoms with van der Waals surface area (Å²) in [6.07, 6.45) is 1.67. The lowest BCUT2D eigenvalue weighted by Gasteiger charge is -2.22. The molecule has 2 aromatic rings. The quantitative estimate of drug-likeness (QED) is 0.594. The monoisotopic (exact) mass is 415 g/mol. The van der Waals surface area contributed by atoms with Crippen LogP contribution < -0.4 is 14.8 Å². The van der Waals surface area contributed by atoms with Crippen molar-refractivity contribution in [1.29, 1.82) is 0 Å². The van der Waals surface area contributed by atoms with Crippen molar-refractivity contribution in [2.24, 2.45) is 4.99 Å². The molecule has 1 aliphatic heterocycles. The van der Waals surface area contributed by atoms with E-state index < -0.39 is 11.6 Å². The van der Waals surface area contributed by atoms with Gasteiger partial charge in [-0.2, -0.15) is 0 Å². The second-order valence-corrected chi connectivity index (χ2v) is 7.85. The number of nitrogens with zero attached hydrogens (tertiary/aromatic N) is 2. The van der Waals surface area contributed by atoms with Crippen molar-refractivity contribution in [3.05, 3.63) is 59.2 Å². The van der Waals surface area contributed by atoms with E-state index in [4.69, 9.17) is 9.47 Å². The molecule has 160 valence electrons. The Morgan fingerprint density at radius 1 is 1.10 bits per heavy atom. The number of guanidine groups is 1. The number of likely N-dealkylation sites (tertiary alicyclic amines) is 1. The standard InChI is InChI=1S/C23H27F2N3O2/c1-26-23(27-21-12-18(21)22-19(24)5-4-6-20(22)25)28-8-7-14(13-28)15-9-16(29-2)11-17(10-15)30-3/h4-6,9-11,14,18,21H,7-8,12-13H2,1-3H3,(H,26,27). The number of nitrogens with one attached hydrogen (secondary N) is 1. The summed E-state index contributed by atoms with van der Waals surface area (Å²) in [5.74, 6) is 1.53. The van der Waals surface area contributed by atoms with Crippen LogP contribution >= 0.6 is 0 Å². The van der Waals surface area contributed by atoms with Crippen LogP contribution in [0.15, 0.2) is 41.4 Å². The van der Waals surface area contributed by atoms with Crippen LogP contribution in [-0.2, 0) is 0 Å². The Morgan fingerprint density at radius 2 is 1.77 bits per heavy atom. The first-order valence-corrected chi connectivity index (χ1v) is 10.2. The number of halogens is 2. The molecule has 1 saturated heterocycles. The van der Waals surface area contributed by atoms with Crippen LogP contribution in [-0.4, -0.2) is 51.3 Å². The zero-order valence-corrected chi connectivity index (χ0v) is 17.5. The van der Waals surface area contributed by atoms with Gasteiger partial charge in [0.1, 0.15) is 23.1 Å². The van der Waals surface area contributed by atoms with E-state index in [0.717, 1.165) is 37.0 Å². The third kappa shape index (κ3) is 4.06. The fourth-order valence-electron chi connectivity index (χ4n) is 4.29. The van der Waals surface area contributed by atoms with E-state index >= 15 is 0 Å². The second-order valence-electron chi connectivity index (χ2n) is 7.85. The van der Waals surface area contributed by atoms with Gasteiger partial charge >= 0.3 is 0 Å². The highest BCUT2D eigenvalue weighted by Crippen LogP contribution is 2.43. The highest BCUT2D eigenvalue weighted by Gasteiger charge is 2.43. The molecule has 1 aliphatic carbocycles. The van der Waals surface area contributed by atoms with Gasteiger partial charge in [0.25, 0.3) is 0 Å². The Morgan fingerprint density at radius 3 is 2.37 bits per heavy atom. The molecule has 2 aromatic carbocycles. The van der Waals surface area contributed by atoms with Gasteiger partial charge in [-0.1, -0.05) is 6.07 Å². The predicted molar refractivity (Wildman–Crippen MR) is 112 cm³/mol. The van der Waals surface area contributed by atoms with Gasteiger partial charge in [0.05, 0.1) is 14.2 Å². The minimum Gasteiger partial charge on any atom is -0.497 e. The Hall–Kier alpha value is -2.83. The van der Waals surface area contributed by atoms with Crippen molar-refractivity contribution in [3.63, 3.8) is 0 Å². The van der Waals surface area contributed by atoms with E-state index in [1.807, 2.05) is 18.2 Å². The summed E-state index contributed by atoms with van der Waals surface area (Å²) in [6.45, 7) is 1.66. The van der Waals surface area contributed by atoms with Crippen LogP contribution in [0, 0.1) is 11.6 Å². The number of aliphatic imine (C=N–C) groups is 1. The lowest BCUT2D eigenvalue weighted by Crippen LogP contribution is -2.41. The van der Waals surface area contributed by atoms with Gasteiger partial charge in [-0.3, -0.25) is 4.99 Å². The molecule has 4 rings (SSSR count). The van der Waals surface area contributed by atoms with Gasteiger partial charge < -0.3 is 19.7 Å². The third-order valence-electron chi connectivity index (χ3n) is 6.02. The van der Waals surface area contributed by atoms with E-state index in [1.165, 1.54) is 23.8 Å². The van der Waals surface area contributed by atoms with E-state index in [1.54, 1.807) is 21.3 Å². The molecule has 2 fully saturated rings. The van der Waals surface area contributed by atoms with Crippen LogP contribution in [0.25, 0.3) is 0 Å². The Balaban J connectivity index is 1.42. The smallest absolute Gasteiger partial charge is 0.193 e. The predicted octanol–water partition coefficient (Wildman–Crippen LogP) is 3.90. The summed E-state index contributed by atoms with van der Waals surface area (Å²) in [6, 6.07) is 9.98. The highest BCUT2D eigenvalue weighted by atomic mass is 19.1. The van der Waals surface area contributed by atoms with Gasteiger partial charge in [0, 0.05) is 49.6 Å². The zero-order valence-electron chi connectivity index (χ0n) is 17.5. The van der Waals surface area contributed by atoms with Gasteiger partial charge in [-0.15, -0.1) is 0 Å². The number of methoxy groups -OCH3 is 2. The third-order valence-corrected chi connectivity index (χ3v) is 6.02. The molecule has 1 N–H and O–H groups in total. The molecule has 7 heteroatoms. The Kier molecular flexibility index (Phi) is 5.79. The summed E-state index contributed by atoms with van der Waals surface area (Å²) in [7, 11) is 5.04. The largest absolute Gasteiger partial charge is 0.497 e. The number of hydrogen-bond donors (Lipinski definition) is 1. The van der Waals surface area contributed by atoms with Gasteiger partial charge in [-0.25, -0.2) is 8.78 Å². The van der Waals surface area contributed by atoms with Crippen molar-refractivity contribution in [1.82, 2.24) is 10.2 Å². The van der Waals surface area contributed by atoms with E-state index in [2.05, 4.69) is 15.2 Å². The first-order valence-electron chi connectivity index (χ1n) is 10.2. The normalized spacial score (nSPS) is 23.4. The molecule has 30 heavy (non-hydrogen) atoms. The van der Waals surface area contributed by atoms with Crippen molar-refractivity contribution in [3.8, 4) is 11.5 Å². The second kappa shape index (κ2) is 8.50. The molecule has 5 nitrogen and oxygen atoms in total. The molecule has 0 aromatic heterocycles. The molecular weight excluding hydrogens is 388 g/mol. The van der Waals surface area contributed by atoms with E-state index in [0.29, 0.717) is 12.3 Å². The number of rotatable bonds is 5.